The van der Waals surface area contributed by atoms with Gasteiger partial charge in [-0.05, 0) is 44.2 Å². The minimum atomic E-state index is -0.326. The number of hydrogen-bond acceptors (Lipinski definition) is 4. The average Bonchev–Trinajstić information content (AvgIpc) is 2.47. The molecule has 0 spiro atoms. The number of halogens is 1. The highest BCUT2D eigenvalue weighted by atomic mass is 35.5. The fourth-order valence-electron chi connectivity index (χ4n) is 1.94. The van der Waals surface area contributed by atoms with Crippen LogP contribution in [-0.2, 0) is 0 Å². The van der Waals surface area contributed by atoms with Crippen LogP contribution in [-0.4, -0.2) is 24.0 Å². The number of carbonyl (C=O) groups excluding carboxylic acids is 1. The van der Waals surface area contributed by atoms with E-state index in [2.05, 4.69) is 15.6 Å². The molecule has 2 N–H and O–H groups in total. The first-order valence-corrected chi connectivity index (χ1v) is 7.25. The summed E-state index contributed by atoms with van der Waals surface area (Å²) in [5.41, 5.74) is 1.66. The molecule has 0 aliphatic carbocycles. The van der Waals surface area contributed by atoms with Crippen LogP contribution in [0.2, 0.25) is 5.02 Å². The predicted octanol–water partition coefficient (Wildman–Crippen LogP) is 3.82. The average molecular weight is 320 g/mol. The zero-order valence-electron chi connectivity index (χ0n) is 12.7. The lowest BCUT2D eigenvalue weighted by molar-refractivity contribution is 0.102. The van der Waals surface area contributed by atoms with Gasteiger partial charge in [0.1, 0.15) is 11.4 Å². The highest BCUT2D eigenvalue weighted by Gasteiger charge is 2.12. The highest BCUT2D eigenvalue weighted by Crippen LogP contribution is 2.28. The van der Waals surface area contributed by atoms with E-state index in [0.717, 1.165) is 5.69 Å². The molecule has 2 aromatic rings. The Balaban J connectivity index is 2.20. The van der Waals surface area contributed by atoms with E-state index in [9.17, 15) is 4.79 Å². The van der Waals surface area contributed by atoms with Gasteiger partial charge in [0.25, 0.3) is 5.91 Å². The van der Waals surface area contributed by atoms with Gasteiger partial charge in [-0.15, -0.1) is 0 Å². The summed E-state index contributed by atoms with van der Waals surface area (Å²) in [6.07, 6.45) is 1.59. The molecule has 1 heterocycles. The third kappa shape index (κ3) is 4.11. The number of nitrogens with zero attached hydrogens (tertiary/aromatic N) is 1. The van der Waals surface area contributed by atoms with Gasteiger partial charge in [-0.25, -0.2) is 0 Å². The van der Waals surface area contributed by atoms with E-state index in [1.54, 1.807) is 30.5 Å². The molecule has 2 rings (SSSR count). The van der Waals surface area contributed by atoms with Gasteiger partial charge in [-0.2, -0.15) is 0 Å². The van der Waals surface area contributed by atoms with E-state index in [4.69, 9.17) is 16.3 Å². The third-order valence-corrected chi connectivity index (χ3v) is 3.09. The van der Waals surface area contributed by atoms with Crippen molar-refractivity contribution in [1.82, 2.24) is 4.98 Å². The fourth-order valence-corrected chi connectivity index (χ4v) is 2.11. The Morgan fingerprint density at radius 1 is 1.27 bits per heavy atom. The number of carbonyl (C=O) groups is 1. The number of pyridine rings is 1. The molecule has 0 aliphatic rings. The lowest BCUT2D eigenvalue weighted by Crippen LogP contribution is -2.16. The first-order valence-electron chi connectivity index (χ1n) is 6.87. The van der Waals surface area contributed by atoms with Crippen molar-refractivity contribution in [2.45, 2.75) is 19.9 Å². The normalized spacial score (nSPS) is 10.4. The summed E-state index contributed by atoms with van der Waals surface area (Å²) in [6, 6.07) is 8.81. The summed E-state index contributed by atoms with van der Waals surface area (Å²) in [5, 5.41) is 6.50. The molecule has 0 unspecified atom stereocenters. The van der Waals surface area contributed by atoms with Crippen LogP contribution in [0.15, 0.2) is 36.5 Å². The van der Waals surface area contributed by atoms with Crippen molar-refractivity contribution in [3.05, 3.63) is 47.2 Å². The van der Waals surface area contributed by atoms with Gasteiger partial charge in [0.15, 0.2) is 0 Å². The summed E-state index contributed by atoms with van der Waals surface area (Å²) in [5.74, 6) is 0.210. The largest absolute Gasteiger partial charge is 0.495 e. The van der Waals surface area contributed by atoms with Gasteiger partial charge >= 0.3 is 0 Å². The van der Waals surface area contributed by atoms with E-state index in [1.807, 2.05) is 19.9 Å². The number of ether oxygens (including phenoxy) is 1. The van der Waals surface area contributed by atoms with Crippen LogP contribution in [0.3, 0.4) is 0 Å². The zero-order chi connectivity index (χ0) is 16.1. The third-order valence-electron chi connectivity index (χ3n) is 2.86. The van der Waals surface area contributed by atoms with Gasteiger partial charge in [-0.1, -0.05) is 11.6 Å². The fraction of sp³-hybridized carbons (Fsp3) is 0.250. The maximum absolute atomic E-state index is 12.3. The summed E-state index contributed by atoms with van der Waals surface area (Å²) >= 11 is 5.95. The molecule has 0 bridgehead atoms. The summed E-state index contributed by atoms with van der Waals surface area (Å²) < 4.78 is 5.21. The lowest BCUT2D eigenvalue weighted by atomic mass is 10.2. The van der Waals surface area contributed by atoms with Crippen molar-refractivity contribution in [2.75, 3.05) is 17.7 Å². The van der Waals surface area contributed by atoms with Crippen molar-refractivity contribution in [2.24, 2.45) is 0 Å². The van der Waals surface area contributed by atoms with Gasteiger partial charge in [0.05, 0.1) is 12.8 Å². The molecular weight excluding hydrogens is 302 g/mol. The van der Waals surface area contributed by atoms with Crippen LogP contribution in [0.4, 0.5) is 11.4 Å². The molecule has 1 aromatic carbocycles. The van der Waals surface area contributed by atoms with Crippen molar-refractivity contribution in [1.29, 1.82) is 0 Å². The SMILES string of the molecule is COc1ccc(Cl)cc1NC(=O)c1cc(NC(C)C)ccn1. The van der Waals surface area contributed by atoms with Crippen molar-refractivity contribution >= 4 is 28.9 Å². The quantitative estimate of drug-likeness (QED) is 0.879. The summed E-state index contributed by atoms with van der Waals surface area (Å²) in [4.78, 5) is 16.4. The van der Waals surface area contributed by atoms with E-state index in [-0.39, 0.29) is 11.9 Å². The van der Waals surface area contributed by atoms with Crippen LogP contribution in [0.1, 0.15) is 24.3 Å². The second-order valence-corrected chi connectivity index (χ2v) is 5.46. The molecule has 5 nitrogen and oxygen atoms in total. The van der Waals surface area contributed by atoms with E-state index in [0.29, 0.717) is 22.2 Å². The van der Waals surface area contributed by atoms with Crippen molar-refractivity contribution in [3.63, 3.8) is 0 Å². The first-order chi connectivity index (χ1) is 10.5. The van der Waals surface area contributed by atoms with Crippen LogP contribution < -0.4 is 15.4 Å². The molecule has 0 radical (unpaired) electrons. The van der Waals surface area contributed by atoms with Crippen molar-refractivity contribution in [3.8, 4) is 5.75 Å². The molecule has 1 amide bonds. The molecular formula is C16H18ClN3O2. The molecule has 1 aromatic heterocycles. The Kier molecular flexibility index (Phi) is 5.22. The molecule has 0 saturated carbocycles. The number of anilines is 2. The molecule has 0 atom stereocenters. The number of hydrogen-bond donors (Lipinski definition) is 2. The van der Waals surface area contributed by atoms with Crippen LogP contribution in [0.25, 0.3) is 0 Å². The second-order valence-electron chi connectivity index (χ2n) is 5.03. The molecule has 0 fully saturated rings. The molecule has 22 heavy (non-hydrogen) atoms. The minimum absolute atomic E-state index is 0.270. The maximum Gasteiger partial charge on any atom is 0.274 e. The van der Waals surface area contributed by atoms with Gasteiger partial charge < -0.3 is 15.4 Å². The maximum atomic E-state index is 12.3. The summed E-state index contributed by atoms with van der Waals surface area (Å²) in [6.45, 7) is 4.05. The van der Waals surface area contributed by atoms with Crippen LogP contribution >= 0.6 is 11.6 Å². The molecule has 6 heteroatoms. The molecule has 0 aliphatic heterocycles. The number of aromatic nitrogens is 1. The van der Waals surface area contributed by atoms with Crippen LogP contribution in [0.5, 0.6) is 5.75 Å². The molecule has 116 valence electrons. The van der Waals surface area contributed by atoms with Crippen molar-refractivity contribution < 1.29 is 9.53 Å². The Morgan fingerprint density at radius 2 is 2.05 bits per heavy atom. The number of nitrogens with one attached hydrogen (secondary N) is 2. The number of methoxy groups -OCH3 is 1. The number of benzene rings is 1. The highest BCUT2D eigenvalue weighted by molar-refractivity contribution is 6.31. The lowest BCUT2D eigenvalue weighted by Gasteiger charge is -2.12. The number of rotatable bonds is 5. The van der Waals surface area contributed by atoms with E-state index < -0.39 is 0 Å². The van der Waals surface area contributed by atoms with Gasteiger partial charge in [-0.3, -0.25) is 9.78 Å². The molecule has 0 saturated heterocycles. The van der Waals surface area contributed by atoms with Gasteiger partial charge in [0, 0.05) is 22.9 Å². The van der Waals surface area contributed by atoms with E-state index in [1.165, 1.54) is 7.11 Å². The van der Waals surface area contributed by atoms with E-state index >= 15 is 0 Å². The van der Waals surface area contributed by atoms with Crippen LogP contribution in [0, 0.1) is 0 Å². The Bertz CT molecular complexity index is 674. The second kappa shape index (κ2) is 7.13. The number of amides is 1. The minimum Gasteiger partial charge on any atom is -0.495 e. The topological polar surface area (TPSA) is 63.2 Å². The zero-order valence-corrected chi connectivity index (χ0v) is 13.4. The first kappa shape index (κ1) is 16.1. The Morgan fingerprint density at radius 3 is 2.73 bits per heavy atom. The Labute approximate surface area is 134 Å². The Hall–Kier alpha value is -2.27. The smallest absolute Gasteiger partial charge is 0.274 e. The predicted molar refractivity (Wildman–Crippen MR) is 89.0 cm³/mol. The van der Waals surface area contributed by atoms with Gasteiger partial charge in [0.2, 0.25) is 0 Å². The standard InChI is InChI=1S/C16H18ClN3O2/c1-10(2)19-12-6-7-18-14(9-12)16(21)20-13-8-11(17)4-5-15(13)22-3/h4-10H,1-3H3,(H,18,19)(H,20,21). The monoisotopic (exact) mass is 319 g/mol. The summed E-state index contributed by atoms with van der Waals surface area (Å²) in [7, 11) is 1.53.